The Morgan fingerprint density at radius 1 is 1.33 bits per heavy atom. The lowest BCUT2D eigenvalue weighted by molar-refractivity contribution is -0.122. The third-order valence-corrected chi connectivity index (χ3v) is 4.26. The van der Waals surface area contributed by atoms with Crippen molar-refractivity contribution in [3.63, 3.8) is 0 Å². The molecule has 0 saturated heterocycles. The van der Waals surface area contributed by atoms with Crippen LogP contribution >= 0.6 is 0 Å². The van der Waals surface area contributed by atoms with Crippen molar-refractivity contribution >= 4 is 5.78 Å². The molecule has 0 N–H and O–H groups in total. The molecule has 2 heteroatoms. The smallest absolute Gasteiger partial charge is 0.133 e. The van der Waals surface area contributed by atoms with Crippen LogP contribution in [-0.2, 0) is 9.53 Å². The van der Waals surface area contributed by atoms with Crippen molar-refractivity contribution in [2.24, 2.45) is 29.6 Å². The van der Waals surface area contributed by atoms with Crippen molar-refractivity contribution in [3.8, 4) is 0 Å². The van der Waals surface area contributed by atoms with Gasteiger partial charge in [-0.05, 0) is 37.0 Å². The SMILES string of the molecule is COC1C2CC3C1C3C2C(C)=O. The lowest BCUT2D eigenvalue weighted by Gasteiger charge is -2.16. The molecule has 4 saturated carbocycles. The topological polar surface area (TPSA) is 26.3 Å². The van der Waals surface area contributed by atoms with Gasteiger partial charge in [0.2, 0.25) is 0 Å². The van der Waals surface area contributed by atoms with Crippen LogP contribution in [0.1, 0.15) is 13.3 Å². The maximum atomic E-state index is 11.3. The minimum absolute atomic E-state index is 0.366. The van der Waals surface area contributed by atoms with Gasteiger partial charge in [-0.25, -0.2) is 0 Å². The number of hydrogen-bond donors (Lipinski definition) is 0. The van der Waals surface area contributed by atoms with E-state index in [1.807, 2.05) is 0 Å². The summed E-state index contributed by atoms with van der Waals surface area (Å²) in [5, 5.41) is 0. The van der Waals surface area contributed by atoms with Crippen LogP contribution in [0.3, 0.4) is 0 Å². The lowest BCUT2D eigenvalue weighted by atomic mass is 9.93. The fraction of sp³-hybridized carbons (Fsp3) is 0.900. The summed E-state index contributed by atoms with van der Waals surface area (Å²) in [6, 6.07) is 0. The first-order chi connectivity index (χ1) is 5.75. The van der Waals surface area contributed by atoms with E-state index in [4.69, 9.17) is 4.74 Å². The molecule has 0 aliphatic heterocycles. The molecule has 6 unspecified atom stereocenters. The molecule has 0 amide bonds. The van der Waals surface area contributed by atoms with Crippen LogP contribution in [0.4, 0.5) is 0 Å². The summed E-state index contributed by atoms with van der Waals surface area (Å²) >= 11 is 0. The number of carbonyl (C=O) groups excluding carboxylic acids is 1. The van der Waals surface area contributed by atoms with Gasteiger partial charge in [-0.2, -0.15) is 0 Å². The van der Waals surface area contributed by atoms with Gasteiger partial charge in [-0.15, -0.1) is 0 Å². The molecular formula is C10H14O2. The van der Waals surface area contributed by atoms with Crippen LogP contribution < -0.4 is 0 Å². The first-order valence-electron chi connectivity index (χ1n) is 4.79. The first kappa shape index (κ1) is 7.07. The third-order valence-electron chi connectivity index (χ3n) is 4.26. The minimum Gasteiger partial charge on any atom is -0.381 e. The minimum atomic E-state index is 0.366. The van der Waals surface area contributed by atoms with E-state index in [2.05, 4.69) is 0 Å². The van der Waals surface area contributed by atoms with Crippen LogP contribution in [-0.4, -0.2) is 19.0 Å². The van der Waals surface area contributed by atoms with Crippen LogP contribution in [0.15, 0.2) is 0 Å². The molecule has 0 aromatic carbocycles. The van der Waals surface area contributed by atoms with E-state index in [1.54, 1.807) is 14.0 Å². The molecule has 0 spiro atoms. The Hall–Kier alpha value is -0.370. The van der Waals surface area contributed by atoms with Crippen LogP contribution in [0, 0.1) is 29.6 Å². The van der Waals surface area contributed by atoms with E-state index in [0.29, 0.717) is 23.7 Å². The molecule has 66 valence electrons. The second-order valence-corrected chi connectivity index (χ2v) is 4.55. The Morgan fingerprint density at radius 3 is 2.42 bits per heavy atom. The van der Waals surface area contributed by atoms with E-state index >= 15 is 0 Å². The molecule has 4 aliphatic rings. The molecule has 4 fully saturated rings. The van der Waals surface area contributed by atoms with Crippen molar-refractivity contribution in [2.75, 3.05) is 7.11 Å². The van der Waals surface area contributed by atoms with Gasteiger partial charge >= 0.3 is 0 Å². The summed E-state index contributed by atoms with van der Waals surface area (Å²) in [4.78, 5) is 11.3. The van der Waals surface area contributed by atoms with Crippen LogP contribution in [0.25, 0.3) is 0 Å². The Balaban J connectivity index is 1.91. The zero-order chi connectivity index (χ0) is 8.46. The largest absolute Gasteiger partial charge is 0.381 e. The molecule has 0 aromatic heterocycles. The monoisotopic (exact) mass is 166 g/mol. The quantitative estimate of drug-likeness (QED) is 0.614. The first-order valence-corrected chi connectivity index (χ1v) is 4.79. The van der Waals surface area contributed by atoms with Crippen molar-refractivity contribution in [3.05, 3.63) is 0 Å². The molecule has 2 nitrogen and oxygen atoms in total. The average Bonchev–Trinajstić information content (AvgIpc) is 2.50. The molecule has 6 atom stereocenters. The zero-order valence-electron chi connectivity index (χ0n) is 7.49. The molecule has 0 heterocycles. The Labute approximate surface area is 72.3 Å². The number of rotatable bonds is 2. The summed E-state index contributed by atoms with van der Waals surface area (Å²) in [5.74, 6) is 3.67. The molecule has 12 heavy (non-hydrogen) atoms. The van der Waals surface area contributed by atoms with Crippen molar-refractivity contribution in [1.29, 1.82) is 0 Å². The number of Topliss-reactive ketones (excluding diaryl/α,β-unsaturated/α-hetero) is 1. The highest BCUT2D eigenvalue weighted by Gasteiger charge is 2.74. The average molecular weight is 166 g/mol. The number of ketones is 1. The Morgan fingerprint density at radius 2 is 2.08 bits per heavy atom. The van der Waals surface area contributed by atoms with Gasteiger partial charge in [0.25, 0.3) is 0 Å². The summed E-state index contributed by atoms with van der Waals surface area (Å²) in [6.07, 6.45) is 1.69. The second-order valence-electron chi connectivity index (χ2n) is 4.55. The van der Waals surface area contributed by atoms with Crippen molar-refractivity contribution in [1.82, 2.24) is 0 Å². The van der Waals surface area contributed by atoms with Gasteiger partial charge in [0.1, 0.15) is 5.78 Å². The van der Waals surface area contributed by atoms with Gasteiger partial charge in [0, 0.05) is 13.0 Å². The van der Waals surface area contributed by atoms with E-state index < -0.39 is 0 Å². The summed E-state index contributed by atoms with van der Waals surface area (Å²) in [7, 11) is 1.79. The number of carbonyl (C=O) groups is 1. The number of methoxy groups -OCH3 is 1. The fourth-order valence-corrected chi connectivity index (χ4v) is 3.99. The normalized spacial score (nSPS) is 59.2. The maximum absolute atomic E-state index is 11.3. The summed E-state index contributed by atoms with van der Waals surface area (Å²) in [5.41, 5.74) is 0. The number of ether oxygens (including phenoxy) is 1. The van der Waals surface area contributed by atoms with Gasteiger partial charge in [0.15, 0.2) is 0 Å². The second kappa shape index (κ2) is 1.92. The van der Waals surface area contributed by atoms with E-state index in [9.17, 15) is 4.79 Å². The van der Waals surface area contributed by atoms with Gasteiger partial charge in [-0.1, -0.05) is 0 Å². The van der Waals surface area contributed by atoms with E-state index in [0.717, 1.165) is 17.8 Å². The predicted molar refractivity (Wildman–Crippen MR) is 43.5 cm³/mol. The van der Waals surface area contributed by atoms with Gasteiger partial charge in [0.05, 0.1) is 6.10 Å². The molecule has 0 aromatic rings. The highest BCUT2D eigenvalue weighted by molar-refractivity contribution is 5.81. The van der Waals surface area contributed by atoms with Crippen LogP contribution in [0.5, 0.6) is 0 Å². The van der Waals surface area contributed by atoms with Gasteiger partial charge in [-0.3, -0.25) is 4.79 Å². The van der Waals surface area contributed by atoms with Crippen molar-refractivity contribution in [2.45, 2.75) is 19.4 Å². The maximum Gasteiger partial charge on any atom is 0.133 e. The van der Waals surface area contributed by atoms with Gasteiger partial charge < -0.3 is 4.74 Å². The summed E-state index contributed by atoms with van der Waals surface area (Å²) < 4.78 is 5.45. The lowest BCUT2D eigenvalue weighted by Crippen LogP contribution is -2.22. The molecule has 4 aliphatic carbocycles. The molecule has 0 radical (unpaired) electrons. The highest BCUT2D eigenvalue weighted by Crippen LogP contribution is 2.73. The predicted octanol–water partition coefficient (Wildman–Crippen LogP) is 1.10. The molecule has 4 rings (SSSR count). The number of hydrogen-bond acceptors (Lipinski definition) is 2. The fourth-order valence-electron chi connectivity index (χ4n) is 3.99. The van der Waals surface area contributed by atoms with E-state index in [1.165, 1.54) is 6.42 Å². The zero-order valence-corrected chi connectivity index (χ0v) is 7.49. The highest BCUT2D eigenvalue weighted by atomic mass is 16.5. The Bertz CT molecular complexity index is 248. The Kier molecular flexibility index (Phi) is 1.13. The summed E-state index contributed by atoms with van der Waals surface area (Å²) in [6.45, 7) is 1.74. The van der Waals surface area contributed by atoms with Crippen LogP contribution in [0.2, 0.25) is 0 Å². The van der Waals surface area contributed by atoms with E-state index in [-0.39, 0.29) is 0 Å². The third kappa shape index (κ3) is 0.565. The molecular weight excluding hydrogens is 152 g/mol. The molecule has 4 bridgehead atoms. The standard InChI is InChI=1S/C10H14O2/c1-4(11)7-6-3-5-8(7)9(5)10(6)12-2/h5-10H,3H2,1-2H3. The van der Waals surface area contributed by atoms with Crippen molar-refractivity contribution < 1.29 is 9.53 Å².